The topological polar surface area (TPSA) is 139 Å². The van der Waals surface area contributed by atoms with Crippen LogP contribution in [0.2, 0.25) is 0 Å². The first-order chi connectivity index (χ1) is 19.2. The van der Waals surface area contributed by atoms with E-state index in [1.54, 1.807) is 37.2 Å². The second-order valence-corrected chi connectivity index (χ2v) is 9.75. The summed E-state index contributed by atoms with van der Waals surface area (Å²) in [6.07, 6.45) is 0.287. The van der Waals surface area contributed by atoms with Crippen molar-refractivity contribution in [2.75, 3.05) is 19.8 Å². The zero-order valence-electron chi connectivity index (χ0n) is 23.1. The average Bonchev–Trinajstić information content (AvgIpc) is 3.24. The molecule has 10 nitrogen and oxygen atoms in total. The van der Waals surface area contributed by atoms with Gasteiger partial charge >= 0.3 is 18.9 Å². The molecule has 0 aliphatic carbocycles. The van der Waals surface area contributed by atoms with Crippen LogP contribution in [0.3, 0.4) is 0 Å². The van der Waals surface area contributed by atoms with Crippen molar-refractivity contribution in [3.63, 3.8) is 0 Å². The summed E-state index contributed by atoms with van der Waals surface area (Å²) >= 11 is 0. The molecule has 202 valence electrons. The minimum atomic E-state index is -1.28. The van der Waals surface area contributed by atoms with Gasteiger partial charge in [-0.25, -0.2) is 9.67 Å². The molecule has 41 heavy (non-hydrogen) atoms. The Balaban J connectivity index is 0.00000387. The second kappa shape index (κ2) is 12.2. The number of likely N-dealkylation sites (N-methyl/N-ethyl adjacent to an activating group) is 1. The van der Waals surface area contributed by atoms with E-state index in [0.717, 1.165) is 22.2 Å². The van der Waals surface area contributed by atoms with Gasteiger partial charge in [0.1, 0.15) is 0 Å². The quantitative estimate of drug-likeness (QED) is 0.247. The summed E-state index contributed by atoms with van der Waals surface area (Å²) in [5, 5.41) is 15.7. The first kappa shape index (κ1) is 29.3. The van der Waals surface area contributed by atoms with Crippen molar-refractivity contribution >= 4 is 28.9 Å². The number of carbonyl (C=O) groups excluding carboxylic acids is 2. The Morgan fingerprint density at radius 2 is 1.63 bits per heavy atom. The fraction of sp³-hybridized carbons (Fsp3) is 0.167. The number of imidazole rings is 1. The number of hydrogen-bond donors (Lipinski definition) is 1. The number of carbonyl (C=O) groups is 2. The molecule has 0 saturated heterocycles. The predicted molar refractivity (Wildman–Crippen MR) is 149 cm³/mol. The molecule has 5 rings (SSSR count). The number of carboxylic acids is 1. The van der Waals surface area contributed by atoms with Crippen LogP contribution in [0.4, 0.5) is 5.95 Å². The van der Waals surface area contributed by atoms with Gasteiger partial charge < -0.3 is 25.1 Å². The van der Waals surface area contributed by atoms with Gasteiger partial charge in [-0.3, -0.25) is 9.59 Å². The number of benzene rings is 3. The van der Waals surface area contributed by atoms with Crippen molar-refractivity contribution in [3.8, 4) is 11.3 Å². The molecule has 0 bridgehead atoms. The van der Waals surface area contributed by atoms with Crippen LogP contribution in [0.1, 0.15) is 27.0 Å². The summed E-state index contributed by atoms with van der Waals surface area (Å²) in [5.74, 6) is -0.907. The van der Waals surface area contributed by atoms with E-state index in [4.69, 9.17) is 5.73 Å². The first-order valence-corrected chi connectivity index (χ1v) is 12.6. The number of rotatable bonds is 8. The molecule has 0 spiro atoms. The van der Waals surface area contributed by atoms with Gasteiger partial charge in [-0.05, 0) is 52.6 Å². The Labute approximate surface area is 248 Å². The Bertz CT molecular complexity index is 1810. The minimum Gasteiger partial charge on any atom is -0.545 e. The van der Waals surface area contributed by atoms with Crippen molar-refractivity contribution < 1.29 is 33.6 Å². The van der Waals surface area contributed by atoms with E-state index < -0.39 is 5.97 Å². The summed E-state index contributed by atoms with van der Waals surface area (Å²) in [5.41, 5.74) is 11.4. The molecule has 0 fully saturated rings. The molecule has 0 atom stereocenters. The summed E-state index contributed by atoms with van der Waals surface area (Å²) in [4.78, 5) is 41.9. The van der Waals surface area contributed by atoms with Crippen molar-refractivity contribution in [2.45, 2.75) is 19.5 Å². The second-order valence-electron chi connectivity index (χ2n) is 9.75. The van der Waals surface area contributed by atoms with Crippen LogP contribution < -0.4 is 35.3 Å². The van der Waals surface area contributed by atoms with Crippen LogP contribution in [-0.2, 0) is 24.3 Å². The van der Waals surface area contributed by atoms with Crippen LogP contribution in [0, 0.1) is 0 Å². The fourth-order valence-corrected chi connectivity index (χ4v) is 4.50. The molecule has 5 aromatic rings. The maximum atomic E-state index is 12.5. The van der Waals surface area contributed by atoms with E-state index in [9.17, 15) is 19.5 Å². The van der Waals surface area contributed by atoms with Crippen molar-refractivity contribution in [3.05, 3.63) is 111 Å². The maximum Gasteiger partial charge on any atom is 1.00 e. The summed E-state index contributed by atoms with van der Waals surface area (Å²) in [7, 11) is 3.45. The Hall–Kier alpha value is -4.65. The number of hydrogen-bond acceptors (Lipinski definition) is 7. The molecular weight excluding hydrogens is 515 g/mol. The van der Waals surface area contributed by atoms with E-state index in [1.165, 1.54) is 22.9 Å². The van der Waals surface area contributed by atoms with Crippen molar-refractivity contribution in [1.29, 1.82) is 0 Å². The molecule has 11 heteroatoms. The molecule has 2 heterocycles. The maximum absolute atomic E-state index is 12.5. The van der Waals surface area contributed by atoms with Crippen molar-refractivity contribution in [1.82, 2.24) is 24.2 Å². The third-order valence-corrected chi connectivity index (χ3v) is 6.62. The van der Waals surface area contributed by atoms with E-state index in [1.807, 2.05) is 47.0 Å². The van der Waals surface area contributed by atoms with E-state index in [-0.39, 0.29) is 48.9 Å². The molecular formula is C30H27LiN6O4. The molecule has 0 aliphatic rings. The largest absolute Gasteiger partial charge is 1.00 e. The smallest absolute Gasteiger partial charge is 0.545 e. The molecule has 1 amide bonds. The Kier molecular flexibility index (Phi) is 8.76. The Morgan fingerprint density at radius 3 is 2.37 bits per heavy atom. The molecule has 0 unspecified atom stereocenters. The van der Waals surface area contributed by atoms with Gasteiger partial charge in [0.25, 0.3) is 5.56 Å². The molecule has 0 aliphatic heterocycles. The van der Waals surface area contributed by atoms with Gasteiger partial charge in [-0.1, -0.05) is 42.5 Å². The van der Waals surface area contributed by atoms with Gasteiger partial charge in [-0.2, -0.15) is 5.10 Å². The minimum absolute atomic E-state index is 0. The molecule has 2 N–H and O–H groups in total. The zero-order chi connectivity index (χ0) is 28.4. The van der Waals surface area contributed by atoms with Crippen LogP contribution >= 0.6 is 0 Å². The molecule has 0 radical (unpaired) electrons. The predicted octanol–water partition coefficient (Wildman–Crippen LogP) is -1.06. The van der Waals surface area contributed by atoms with Gasteiger partial charge in [0.2, 0.25) is 11.9 Å². The summed E-state index contributed by atoms with van der Waals surface area (Å²) < 4.78 is 3.21. The monoisotopic (exact) mass is 542 g/mol. The number of aromatic carboxylic acids is 1. The average molecular weight is 543 g/mol. The van der Waals surface area contributed by atoms with Crippen LogP contribution in [0.25, 0.3) is 22.3 Å². The third-order valence-electron chi connectivity index (χ3n) is 6.62. The molecule has 3 aromatic carbocycles. The number of amides is 1. The van der Waals surface area contributed by atoms with E-state index >= 15 is 0 Å². The summed E-state index contributed by atoms with van der Waals surface area (Å²) in [6.45, 7) is 0.578. The SMILES string of the molecule is CN(C)C(=O)Cc1ccc2c(c1)nc(N)n2Cc1cccc(-c2ccc(=O)n(Cc3cccc(C(=O)[O-])c3)n2)c1.[Li+]. The third kappa shape index (κ3) is 6.57. The number of aromatic nitrogens is 4. The van der Waals surface area contributed by atoms with E-state index in [0.29, 0.717) is 29.3 Å². The van der Waals surface area contributed by atoms with Gasteiger partial charge in [0.05, 0.1) is 42.2 Å². The molecule has 0 saturated carbocycles. The number of anilines is 1. The van der Waals surface area contributed by atoms with E-state index in [2.05, 4.69) is 10.1 Å². The summed E-state index contributed by atoms with van der Waals surface area (Å²) in [6, 6.07) is 22.8. The Morgan fingerprint density at radius 1 is 0.902 bits per heavy atom. The fourth-order valence-electron chi connectivity index (χ4n) is 4.50. The van der Waals surface area contributed by atoms with Crippen molar-refractivity contribution in [2.24, 2.45) is 0 Å². The van der Waals surface area contributed by atoms with Crippen LogP contribution in [0.15, 0.2) is 83.7 Å². The standard InChI is InChI=1S/C30H28N6O4.Li/c1-34(2)28(38)16-19-9-11-26-25(15-19)32-30(31)35(26)17-20-5-3-7-22(13-20)24-10-12-27(37)36(33-24)18-21-6-4-8-23(14-21)29(39)40;/h3-15H,16-18H2,1-2H3,(H2,31,32)(H,39,40);/q;+1/p-1. The van der Waals surface area contributed by atoms with Gasteiger partial charge in [0, 0.05) is 25.7 Å². The van der Waals surface area contributed by atoms with Crippen LogP contribution in [-0.4, -0.2) is 50.2 Å². The number of nitrogens with zero attached hydrogens (tertiary/aromatic N) is 5. The van der Waals surface area contributed by atoms with Gasteiger partial charge in [-0.15, -0.1) is 0 Å². The van der Waals surface area contributed by atoms with Gasteiger partial charge in [0.15, 0.2) is 0 Å². The number of nitrogens with two attached hydrogens (primary N) is 1. The molecule has 2 aromatic heterocycles. The van der Waals surface area contributed by atoms with Crippen LogP contribution in [0.5, 0.6) is 0 Å². The number of fused-ring (bicyclic) bond motifs is 1. The zero-order valence-corrected chi connectivity index (χ0v) is 23.1. The normalized spacial score (nSPS) is 10.8. The number of carboxylic acid groups (broad SMARTS) is 1. The first-order valence-electron chi connectivity index (χ1n) is 12.6. The number of nitrogen functional groups attached to an aromatic ring is 1.